The molecule has 1 aromatic heterocycles. The van der Waals surface area contributed by atoms with E-state index in [9.17, 15) is 9.90 Å². The van der Waals surface area contributed by atoms with Gasteiger partial charge in [-0.15, -0.1) is 0 Å². The SMILES string of the molecule is C=CCOc1ccc2oc(C)c(C(=O)NCC3(CO)COC3)c2c1. The van der Waals surface area contributed by atoms with Gasteiger partial charge in [0.05, 0.1) is 30.8 Å². The van der Waals surface area contributed by atoms with Gasteiger partial charge in [0.2, 0.25) is 0 Å². The van der Waals surface area contributed by atoms with Crippen LogP contribution in [0.25, 0.3) is 11.0 Å². The van der Waals surface area contributed by atoms with E-state index in [4.69, 9.17) is 13.9 Å². The topological polar surface area (TPSA) is 80.9 Å². The van der Waals surface area contributed by atoms with Crippen molar-refractivity contribution in [2.45, 2.75) is 6.92 Å². The first-order chi connectivity index (χ1) is 11.6. The van der Waals surface area contributed by atoms with Crippen molar-refractivity contribution in [2.24, 2.45) is 5.41 Å². The van der Waals surface area contributed by atoms with Crippen molar-refractivity contribution in [2.75, 3.05) is 33.0 Å². The van der Waals surface area contributed by atoms with E-state index in [1.807, 2.05) is 0 Å². The lowest BCUT2D eigenvalue weighted by molar-refractivity contribution is -0.133. The van der Waals surface area contributed by atoms with E-state index in [2.05, 4.69) is 11.9 Å². The lowest BCUT2D eigenvalue weighted by Gasteiger charge is -2.39. The van der Waals surface area contributed by atoms with Crippen LogP contribution >= 0.6 is 0 Å². The molecule has 1 fully saturated rings. The van der Waals surface area contributed by atoms with Crippen molar-refractivity contribution < 1.29 is 23.8 Å². The van der Waals surface area contributed by atoms with E-state index < -0.39 is 0 Å². The van der Waals surface area contributed by atoms with Crippen LogP contribution in [0.2, 0.25) is 0 Å². The summed E-state index contributed by atoms with van der Waals surface area (Å²) in [6.07, 6.45) is 1.66. The number of ether oxygens (including phenoxy) is 2. The fraction of sp³-hybridized carbons (Fsp3) is 0.389. The molecule has 0 atom stereocenters. The second kappa shape index (κ2) is 6.67. The number of furan rings is 1. The minimum Gasteiger partial charge on any atom is -0.490 e. The van der Waals surface area contributed by atoms with Gasteiger partial charge in [0.15, 0.2) is 0 Å². The van der Waals surface area contributed by atoms with Gasteiger partial charge in [-0.1, -0.05) is 12.7 Å². The maximum Gasteiger partial charge on any atom is 0.255 e. The molecule has 6 nitrogen and oxygen atoms in total. The summed E-state index contributed by atoms with van der Waals surface area (Å²) in [6, 6.07) is 5.37. The highest BCUT2D eigenvalue weighted by atomic mass is 16.5. The van der Waals surface area contributed by atoms with Gasteiger partial charge in [-0.2, -0.15) is 0 Å². The molecule has 1 amide bonds. The lowest BCUT2D eigenvalue weighted by atomic mass is 9.87. The average molecular weight is 331 g/mol. The Morgan fingerprint density at radius 2 is 2.29 bits per heavy atom. The van der Waals surface area contributed by atoms with Crippen LogP contribution in [-0.2, 0) is 4.74 Å². The van der Waals surface area contributed by atoms with Gasteiger partial charge >= 0.3 is 0 Å². The van der Waals surface area contributed by atoms with Crippen LogP contribution in [0.3, 0.4) is 0 Å². The molecule has 1 aromatic carbocycles. The Balaban J connectivity index is 1.82. The first kappa shape index (κ1) is 16.5. The summed E-state index contributed by atoms with van der Waals surface area (Å²) >= 11 is 0. The molecule has 2 aromatic rings. The first-order valence-corrected chi connectivity index (χ1v) is 7.82. The molecule has 1 saturated heterocycles. The number of hydrogen-bond acceptors (Lipinski definition) is 5. The molecule has 6 heteroatoms. The molecule has 128 valence electrons. The Labute approximate surface area is 140 Å². The summed E-state index contributed by atoms with van der Waals surface area (Å²) in [6.45, 7) is 7.02. The summed E-state index contributed by atoms with van der Waals surface area (Å²) in [5.41, 5.74) is 0.747. The summed E-state index contributed by atoms with van der Waals surface area (Å²) < 4.78 is 16.3. The molecule has 3 rings (SSSR count). The normalized spacial score (nSPS) is 15.8. The van der Waals surface area contributed by atoms with Crippen molar-refractivity contribution in [1.29, 1.82) is 0 Å². The Kier molecular flexibility index (Phi) is 4.59. The minimum atomic E-state index is -0.374. The van der Waals surface area contributed by atoms with Crippen molar-refractivity contribution in [3.8, 4) is 5.75 Å². The van der Waals surface area contributed by atoms with Gasteiger partial charge in [-0.25, -0.2) is 0 Å². The molecular weight excluding hydrogens is 310 g/mol. The number of carbonyl (C=O) groups excluding carboxylic acids is 1. The van der Waals surface area contributed by atoms with E-state index >= 15 is 0 Å². The number of rotatable bonds is 7. The number of carbonyl (C=O) groups is 1. The lowest BCUT2D eigenvalue weighted by Crippen LogP contribution is -2.53. The third-order valence-corrected chi connectivity index (χ3v) is 4.21. The standard InChI is InChI=1S/C18H21NO5/c1-3-6-23-13-4-5-15-14(7-13)16(12(2)24-15)17(21)19-8-18(9-20)10-22-11-18/h3-5,7,20H,1,6,8-11H2,2H3,(H,19,21). The maximum atomic E-state index is 12.6. The van der Waals surface area contributed by atoms with Gasteiger partial charge in [0, 0.05) is 11.9 Å². The number of aliphatic hydroxyl groups is 1. The summed E-state index contributed by atoms with van der Waals surface area (Å²) in [4.78, 5) is 12.6. The van der Waals surface area contributed by atoms with Crippen molar-refractivity contribution >= 4 is 16.9 Å². The van der Waals surface area contributed by atoms with Gasteiger partial charge in [-0.3, -0.25) is 4.79 Å². The van der Waals surface area contributed by atoms with E-state index in [1.165, 1.54) is 0 Å². The molecule has 2 heterocycles. The Morgan fingerprint density at radius 1 is 1.50 bits per heavy atom. The molecule has 1 aliphatic heterocycles. The zero-order valence-corrected chi connectivity index (χ0v) is 13.6. The second-order valence-electron chi connectivity index (χ2n) is 6.12. The quantitative estimate of drug-likeness (QED) is 0.759. The molecule has 0 unspecified atom stereocenters. The van der Waals surface area contributed by atoms with Gasteiger partial charge < -0.3 is 24.3 Å². The Bertz CT molecular complexity index is 755. The van der Waals surface area contributed by atoms with E-state index in [0.717, 1.165) is 0 Å². The van der Waals surface area contributed by atoms with Gasteiger partial charge in [0.1, 0.15) is 23.7 Å². The third-order valence-electron chi connectivity index (χ3n) is 4.21. The molecule has 0 saturated carbocycles. The number of aryl methyl sites for hydroxylation is 1. The predicted octanol–water partition coefficient (Wildman–Crippen LogP) is 2.04. The number of amides is 1. The van der Waals surface area contributed by atoms with Crippen LogP contribution in [0, 0.1) is 12.3 Å². The third kappa shape index (κ3) is 3.02. The van der Waals surface area contributed by atoms with Crippen LogP contribution in [0.1, 0.15) is 16.1 Å². The van der Waals surface area contributed by atoms with Crippen molar-refractivity contribution in [3.63, 3.8) is 0 Å². The van der Waals surface area contributed by atoms with Crippen LogP contribution in [-0.4, -0.2) is 44.0 Å². The highest BCUT2D eigenvalue weighted by Gasteiger charge is 2.38. The fourth-order valence-corrected chi connectivity index (χ4v) is 2.72. The summed E-state index contributed by atoms with van der Waals surface area (Å²) in [5.74, 6) is 0.967. The van der Waals surface area contributed by atoms with Gasteiger partial charge in [-0.05, 0) is 25.1 Å². The van der Waals surface area contributed by atoms with E-state index in [0.29, 0.717) is 54.4 Å². The maximum absolute atomic E-state index is 12.6. The van der Waals surface area contributed by atoms with Crippen molar-refractivity contribution in [3.05, 3.63) is 42.2 Å². The molecular formula is C18H21NO5. The van der Waals surface area contributed by atoms with E-state index in [-0.39, 0.29) is 17.9 Å². The number of aliphatic hydroxyl groups excluding tert-OH is 1. The van der Waals surface area contributed by atoms with Crippen LogP contribution < -0.4 is 10.1 Å². The molecule has 24 heavy (non-hydrogen) atoms. The molecule has 1 aliphatic rings. The summed E-state index contributed by atoms with van der Waals surface area (Å²) in [7, 11) is 0. The average Bonchev–Trinajstić information content (AvgIpc) is 2.87. The Hall–Kier alpha value is -2.31. The highest BCUT2D eigenvalue weighted by Crippen LogP contribution is 2.30. The van der Waals surface area contributed by atoms with E-state index in [1.54, 1.807) is 31.2 Å². The number of hydrogen-bond donors (Lipinski definition) is 2. The van der Waals surface area contributed by atoms with Crippen LogP contribution in [0.5, 0.6) is 5.75 Å². The van der Waals surface area contributed by atoms with Gasteiger partial charge in [0.25, 0.3) is 5.91 Å². The number of nitrogens with one attached hydrogen (secondary N) is 1. The van der Waals surface area contributed by atoms with Crippen LogP contribution in [0.15, 0.2) is 35.3 Å². The molecule has 0 bridgehead atoms. The zero-order chi connectivity index (χ0) is 17.2. The highest BCUT2D eigenvalue weighted by molar-refractivity contribution is 6.07. The monoisotopic (exact) mass is 331 g/mol. The number of benzene rings is 1. The predicted molar refractivity (Wildman–Crippen MR) is 89.3 cm³/mol. The smallest absolute Gasteiger partial charge is 0.255 e. The minimum absolute atomic E-state index is 0.0159. The van der Waals surface area contributed by atoms with Crippen LogP contribution in [0.4, 0.5) is 0 Å². The summed E-state index contributed by atoms with van der Waals surface area (Å²) in [5, 5.41) is 13.0. The molecule has 0 spiro atoms. The zero-order valence-electron chi connectivity index (χ0n) is 13.6. The molecule has 0 radical (unpaired) electrons. The largest absolute Gasteiger partial charge is 0.490 e. The van der Waals surface area contributed by atoms with Crippen molar-refractivity contribution in [1.82, 2.24) is 5.32 Å². The Morgan fingerprint density at radius 3 is 2.92 bits per heavy atom. The second-order valence-corrected chi connectivity index (χ2v) is 6.12. The number of fused-ring (bicyclic) bond motifs is 1. The fourth-order valence-electron chi connectivity index (χ4n) is 2.72. The first-order valence-electron chi connectivity index (χ1n) is 7.82. The molecule has 2 N–H and O–H groups in total. The molecule has 0 aliphatic carbocycles.